The first-order chi connectivity index (χ1) is 17.0. The molecule has 1 fully saturated rings. The topological polar surface area (TPSA) is 71.0 Å². The number of fused-ring (bicyclic) bond motifs is 1. The molecule has 2 aliphatic heterocycles. The second-order valence-electron chi connectivity index (χ2n) is 9.17. The van der Waals surface area contributed by atoms with Gasteiger partial charge in [0.15, 0.2) is 0 Å². The summed E-state index contributed by atoms with van der Waals surface area (Å²) in [6.07, 6.45) is 0.285. The fourth-order valence-corrected chi connectivity index (χ4v) is 4.29. The second-order valence-corrected chi connectivity index (χ2v) is 9.17. The number of carbonyl (C=O) groups excluding carboxylic acids is 1. The molecule has 0 bridgehead atoms. The van der Waals surface area contributed by atoms with Crippen LogP contribution in [-0.2, 0) is 24.3 Å². The molecule has 1 saturated heterocycles. The maximum atomic E-state index is 12.8. The summed E-state index contributed by atoms with van der Waals surface area (Å²) in [7, 11) is 2.13. The van der Waals surface area contributed by atoms with Gasteiger partial charge in [-0.3, -0.25) is 0 Å². The number of ether oxygens (including phenoxy) is 2. The molecule has 0 atom stereocenters. The van der Waals surface area contributed by atoms with E-state index in [1.807, 2.05) is 61.5 Å². The third kappa shape index (κ3) is 5.54. The van der Waals surface area contributed by atoms with Gasteiger partial charge in [0.25, 0.3) is 0 Å². The van der Waals surface area contributed by atoms with Crippen molar-refractivity contribution < 1.29 is 14.3 Å². The van der Waals surface area contributed by atoms with Crippen LogP contribution < -0.4 is 9.64 Å². The summed E-state index contributed by atoms with van der Waals surface area (Å²) in [5.41, 5.74) is 3.89. The zero-order valence-electron chi connectivity index (χ0n) is 20.3. The van der Waals surface area contributed by atoms with E-state index in [1.165, 1.54) is 0 Å². The Morgan fingerprint density at radius 2 is 1.69 bits per heavy atom. The predicted molar refractivity (Wildman–Crippen MR) is 134 cm³/mol. The molecule has 0 spiro atoms. The molecule has 1 aromatic heterocycles. The highest BCUT2D eigenvalue weighted by atomic mass is 16.6. The molecule has 2 aliphatic rings. The lowest BCUT2D eigenvalue weighted by Crippen LogP contribution is -2.45. The first-order valence-corrected chi connectivity index (χ1v) is 12.1. The van der Waals surface area contributed by atoms with Crippen molar-refractivity contribution >= 4 is 12.0 Å². The Balaban J connectivity index is 1.38. The number of benzene rings is 2. The Bertz CT molecular complexity index is 1160. The van der Waals surface area contributed by atoms with E-state index in [0.29, 0.717) is 37.1 Å². The lowest BCUT2D eigenvalue weighted by Gasteiger charge is -2.34. The van der Waals surface area contributed by atoms with Crippen LogP contribution >= 0.6 is 0 Å². The third-order valence-electron chi connectivity index (χ3n) is 6.50. The largest absolute Gasteiger partial charge is 0.445 e. The lowest BCUT2D eigenvalue weighted by molar-refractivity contribution is 0.0912. The molecule has 35 heavy (non-hydrogen) atoms. The Kier molecular flexibility index (Phi) is 6.81. The molecule has 0 aliphatic carbocycles. The molecule has 182 valence electrons. The average molecular weight is 474 g/mol. The maximum absolute atomic E-state index is 12.8. The summed E-state index contributed by atoms with van der Waals surface area (Å²) in [6.45, 7) is 6.87. The van der Waals surface area contributed by atoms with Crippen LogP contribution in [0.2, 0.25) is 0 Å². The zero-order chi connectivity index (χ0) is 24.2. The highest BCUT2D eigenvalue weighted by Crippen LogP contribution is 2.32. The van der Waals surface area contributed by atoms with E-state index in [-0.39, 0.29) is 12.7 Å². The molecular weight excluding hydrogens is 442 g/mol. The SMILES string of the molecule is Cc1ccc(Oc2nc(N3CCN(C)CC3)nc3c2CN(C(=O)OCc2ccccc2)CC3)cc1. The van der Waals surface area contributed by atoms with E-state index in [4.69, 9.17) is 19.4 Å². The summed E-state index contributed by atoms with van der Waals surface area (Å²) in [6, 6.07) is 17.6. The van der Waals surface area contributed by atoms with E-state index in [0.717, 1.165) is 48.6 Å². The van der Waals surface area contributed by atoms with Gasteiger partial charge in [-0.05, 0) is 31.7 Å². The summed E-state index contributed by atoms with van der Waals surface area (Å²) in [5.74, 6) is 1.91. The van der Waals surface area contributed by atoms with Crippen LogP contribution in [-0.4, -0.2) is 65.6 Å². The number of aryl methyl sites for hydroxylation is 1. The minimum atomic E-state index is -0.344. The number of amides is 1. The number of aromatic nitrogens is 2. The average Bonchev–Trinajstić information content (AvgIpc) is 2.89. The Labute approximate surface area is 206 Å². The van der Waals surface area contributed by atoms with Gasteiger partial charge in [-0.15, -0.1) is 0 Å². The molecule has 8 heteroatoms. The van der Waals surface area contributed by atoms with Gasteiger partial charge in [0.1, 0.15) is 12.4 Å². The van der Waals surface area contributed by atoms with Crippen molar-refractivity contribution in [3.63, 3.8) is 0 Å². The minimum absolute atomic E-state index is 0.245. The number of rotatable bonds is 5. The first-order valence-electron chi connectivity index (χ1n) is 12.1. The lowest BCUT2D eigenvalue weighted by atomic mass is 10.1. The van der Waals surface area contributed by atoms with Crippen molar-refractivity contribution in [2.24, 2.45) is 0 Å². The number of carbonyl (C=O) groups is 1. The third-order valence-corrected chi connectivity index (χ3v) is 6.50. The van der Waals surface area contributed by atoms with Crippen LogP contribution in [0.25, 0.3) is 0 Å². The number of nitrogens with zero attached hydrogens (tertiary/aromatic N) is 5. The number of hydrogen-bond donors (Lipinski definition) is 0. The Hall–Kier alpha value is -3.65. The van der Waals surface area contributed by atoms with Gasteiger partial charge in [0, 0.05) is 39.1 Å². The van der Waals surface area contributed by atoms with Crippen molar-refractivity contribution in [1.29, 1.82) is 0 Å². The smallest absolute Gasteiger partial charge is 0.410 e. The molecule has 1 amide bonds. The van der Waals surface area contributed by atoms with Crippen LogP contribution in [0.3, 0.4) is 0 Å². The van der Waals surface area contributed by atoms with Gasteiger partial charge < -0.3 is 24.2 Å². The summed E-state index contributed by atoms with van der Waals surface area (Å²) in [5, 5.41) is 0. The molecule has 3 aromatic rings. The fraction of sp³-hybridized carbons (Fsp3) is 0.370. The van der Waals surface area contributed by atoms with Crippen LogP contribution in [0.1, 0.15) is 22.4 Å². The second kappa shape index (κ2) is 10.3. The molecule has 8 nitrogen and oxygen atoms in total. The van der Waals surface area contributed by atoms with E-state index in [9.17, 15) is 4.79 Å². The predicted octanol–water partition coefficient (Wildman–Crippen LogP) is 4.02. The van der Waals surface area contributed by atoms with Gasteiger partial charge >= 0.3 is 6.09 Å². The minimum Gasteiger partial charge on any atom is -0.445 e. The van der Waals surface area contributed by atoms with E-state index < -0.39 is 0 Å². The number of piperazine rings is 1. The highest BCUT2D eigenvalue weighted by molar-refractivity contribution is 5.68. The zero-order valence-corrected chi connectivity index (χ0v) is 20.3. The van der Waals surface area contributed by atoms with Crippen molar-refractivity contribution in [1.82, 2.24) is 19.8 Å². The van der Waals surface area contributed by atoms with Crippen LogP contribution in [0.4, 0.5) is 10.7 Å². The molecule has 2 aromatic carbocycles. The Morgan fingerprint density at radius 1 is 0.943 bits per heavy atom. The highest BCUT2D eigenvalue weighted by Gasteiger charge is 2.29. The monoisotopic (exact) mass is 473 g/mol. The number of anilines is 1. The van der Waals surface area contributed by atoms with Crippen molar-refractivity contribution in [3.8, 4) is 11.6 Å². The van der Waals surface area contributed by atoms with E-state index in [1.54, 1.807) is 4.90 Å². The normalized spacial score (nSPS) is 16.1. The van der Waals surface area contributed by atoms with Gasteiger partial charge in [-0.25, -0.2) is 9.78 Å². The van der Waals surface area contributed by atoms with E-state index in [2.05, 4.69) is 16.8 Å². The van der Waals surface area contributed by atoms with Crippen molar-refractivity contribution in [3.05, 3.63) is 77.0 Å². The molecule has 0 N–H and O–H groups in total. The van der Waals surface area contributed by atoms with Gasteiger partial charge in [0.2, 0.25) is 11.8 Å². The molecule has 0 unspecified atom stereocenters. The summed E-state index contributed by atoms with van der Waals surface area (Å²) >= 11 is 0. The molecule has 0 radical (unpaired) electrons. The van der Waals surface area contributed by atoms with E-state index >= 15 is 0 Å². The van der Waals surface area contributed by atoms with Crippen LogP contribution in [0, 0.1) is 6.92 Å². The van der Waals surface area contributed by atoms with Gasteiger partial charge in [-0.2, -0.15) is 4.98 Å². The standard InChI is InChI=1S/C27H31N5O3/c1-20-8-10-22(11-9-20)35-25-23-18-32(27(33)34-19-21-6-4-3-5-7-21)13-12-24(23)28-26(29-25)31-16-14-30(2)15-17-31/h3-11H,12-19H2,1-2H3. The Morgan fingerprint density at radius 3 is 2.43 bits per heavy atom. The van der Waals surface area contributed by atoms with Gasteiger partial charge in [-0.1, -0.05) is 48.0 Å². The molecule has 0 saturated carbocycles. The first kappa shape index (κ1) is 23.1. The van der Waals surface area contributed by atoms with Crippen LogP contribution in [0.15, 0.2) is 54.6 Å². The summed E-state index contributed by atoms with van der Waals surface area (Å²) in [4.78, 5) is 28.8. The molecular formula is C27H31N5O3. The maximum Gasteiger partial charge on any atom is 0.410 e. The molecule has 3 heterocycles. The fourth-order valence-electron chi connectivity index (χ4n) is 4.29. The van der Waals surface area contributed by atoms with Crippen LogP contribution in [0.5, 0.6) is 11.6 Å². The number of hydrogen-bond acceptors (Lipinski definition) is 7. The van der Waals surface area contributed by atoms with Crippen molar-refractivity contribution in [2.45, 2.75) is 26.5 Å². The van der Waals surface area contributed by atoms with Crippen molar-refractivity contribution in [2.75, 3.05) is 44.7 Å². The quantitative estimate of drug-likeness (QED) is 0.554. The van der Waals surface area contributed by atoms with Gasteiger partial charge in [0.05, 0.1) is 17.8 Å². The summed E-state index contributed by atoms with van der Waals surface area (Å²) < 4.78 is 11.9. The molecule has 5 rings (SSSR count). The number of likely N-dealkylation sites (N-methyl/N-ethyl adjacent to an activating group) is 1.